The molecule has 0 spiro atoms. The quantitative estimate of drug-likeness (QED) is 0.729. The van der Waals surface area contributed by atoms with Crippen molar-refractivity contribution >= 4 is 18.6 Å². The minimum atomic E-state index is -0.150. The Morgan fingerprint density at radius 2 is 2.00 bits per heavy atom. The lowest BCUT2D eigenvalue weighted by atomic mass is 10.0. The monoisotopic (exact) mass is 192 g/mol. The van der Waals surface area contributed by atoms with Gasteiger partial charge in [-0.3, -0.25) is 4.79 Å². The highest BCUT2D eigenvalue weighted by molar-refractivity contribution is 6.00. The second-order valence-corrected chi connectivity index (χ2v) is 2.50. The Bertz CT molecular complexity index is 342. The van der Waals surface area contributed by atoms with Gasteiger partial charge < -0.3 is 9.90 Å². The van der Waals surface area contributed by atoms with Gasteiger partial charge in [-0.25, -0.2) is 0 Å². The number of phenols is 1. The van der Waals surface area contributed by atoms with Crippen molar-refractivity contribution in [3.05, 3.63) is 35.9 Å². The first-order chi connectivity index (χ1) is 6.66. The maximum atomic E-state index is 11.0. The third kappa shape index (κ3) is 2.55. The van der Waals surface area contributed by atoms with Crippen LogP contribution < -0.4 is 0 Å². The number of hydrogen-bond acceptors (Lipinski definition) is 3. The topological polar surface area (TPSA) is 54.4 Å². The Morgan fingerprint density at radius 1 is 1.43 bits per heavy atom. The Hall–Kier alpha value is -1.90. The van der Waals surface area contributed by atoms with Crippen molar-refractivity contribution in [2.24, 2.45) is 0 Å². The van der Waals surface area contributed by atoms with Gasteiger partial charge in [-0.2, -0.15) is 0 Å². The van der Waals surface area contributed by atoms with Crippen molar-refractivity contribution in [3.8, 4) is 5.75 Å². The smallest absolute Gasteiger partial charge is 0.164 e. The van der Waals surface area contributed by atoms with Gasteiger partial charge in [-0.1, -0.05) is 24.8 Å². The molecule has 3 heteroatoms. The third-order valence-electron chi connectivity index (χ3n) is 1.65. The Balaban J connectivity index is 0.000000791. The number of Topliss-reactive ketones (excluding diaryl/α,β-unsaturated/α-hetero) is 1. The molecular weight excluding hydrogens is 180 g/mol. The normalized spacial score (nSPS) is 8.36. The Labute approximate surface area is 82.7 Å². The summed E-state index contributed by atoms with van der Waals surface area (Å²) in [7, 11) is 0. The third-order valence-corrected chi connectivity index (χ3v) is 1.65. The number of aromatic hydroxyl groups is 1. The van der Waals surface area contributed by atoms with Gasteiger partial charge in [0.25, 0.3) is 0 Å². The van der Waals surface area contributed by atoms with E-state index in [1.165, 1.54) is 13.0 Å². The molecule has 0 unspecified atom stereocenters. The van der Waals surface area contributed by atoms with Gasteiger partial charge in [-0.15, -0.1) is 0 Å². The molecule has 14 heavy (non-hydrogen) atoms. The zero-order chi connectivity index (χ0) is 11.1. The molecule has 3 nitrogen and oxygen atoms in total. The maximum Gasteiger partial charge on any atom is 0.164 e. The van der Waals surface area contributed by atoms with Crippen molar-refractivity contribution in [2.45, 2.75) is 6.92 Å². The minimum Gasteiger partial charge on any atom is -0.507 e. The van der Waals surface area contributed by atoms with Gasteiger partial charge in [0, 0.05) is 0 Å². The highest BCUT2D eigenvalue weighted by Crippen LogP contribution is 2.21. The molecule has 0 bridgehead atoms. The highest BCUT2D eigenvalue weighted by Gasteiger charge is 2.08. The van der Waals surface area contributed by atoms with E-state index in [-0.39, 0.29) is 11.5 Å². The first-order valence-corrected chi connectivity index (χ1v) is 3.91. The first-order valence-electron chi connectivity index (χ1n) is 3.91. The van der Waals surface area contributed by atoms with E-state index in [4.69, 9.17) is 4.79 Å². The molecule has 0 amide bonds. The van der Waals surface area contributed by atoms with Crippen LogP contribution >= 0.6 is 0 Å². The fourth-order valence-corrected chi connectivity index (χ4v) is 1.11. The van der Waals surface area contributed by atoms with E-state index in [1.54, 1.807) is 18.2 Å². The van der Waals surface area contributed by atoms with Crippen molar-refractivity contribution in [1.29, 1.82) is 0 Å². The summed E-state index contributed by atoms with van der Waals surface area (Å²) in [5.74, 6) is -0.136. The lowest BCUT2D eigenvalue weighted by Crippen LogP contribution is -1.95. The van der Waals surface area contributed by atoms with Gasteiger partial charge in [0.05, 0.1) is 5.56 Å². The summed E-state index contributed by atoms with van der Waals surface area (Å²) < 4.78 is 0. The SMILES string of the molecule is C=Cc1cccc(O)c1C(C)=O.C=O. The zero-order valence-electron chi connectivity index (χ0n) is 7.99. The summed E-state index contributed by atoms with van der Waals surface area (Å²) >= 11 is 0. The molecule has 0 atom stereocenters. The van der Waals surface area contributed by atoms with Gasteiger partial charge in [0.1, 0.15) is 12.5 Å². The molecule has 0 heterocycles. The molecule has 0 aromatic heterocycles. The van der Waals surface area contributed by atoms with Crippen LogP contribution in [0.1, 0.15) is 22.8 Å². The van der Waals surface area contributed by atoms with Crippen LogP contribution in [0.3, 0.4) is 0 Å². The molecule has 0 saturated carbocycles. The molecule has 0 aliphatic heterocycles. The predicted octanol–water partition coefficient (Wildman–Crippen LogP) is 2.05. The second-order valence-electron chi connectivity index (χ2n) is 2.50. The number of benzene rings is 1. The van der Waals surface area contributed by atoms with Crippen LogP contribution in [0.2, 0.25) is 0 Å². The van der Waals surface area contributed by atoms with Crippen molar-refractivity contribution in [2.75, 3.05) is 0 Å². The maximum absolute atomic E-state index is 11.0. The van der Waals surface area contributed by atoms with Crippen LogP contribution in [-0.4, -0.2) is 17.7 Å². The number of rotatable bonds is 2. The minimum absolute atomic E-state index is 0.0138. The summed E-state index contributed by atoms with van der Waals surface area (Å²) in [6.07, 6.45) is 1.55. The average molecular weight is 192 g/mol. The van der Waals surface area contributed by atoms with Crippen molar-refractivity contribution in [1.82, 2.24) is 0 Å². The van der Waals surface area contributed by atoms with Gasteiger partial charge in [-0.05, 0) is 18.6 Å². The molecule has 0 fully saturated rings. The largest absolute Gasteiger partial charge is 0.507 e. The highest BCUT2D eigenvalue weighted by atomic mass is 16.3. The lowest BCUT2D eigenvalue weighted by Gasteiger charge is -2.03. The number of phenolic OH excluding ortho intramolecular Hbond substituents is 1. The molecular formula is C11H12O3. The summed E-state index contributed by atoms with van der Waals surface area (Å²) in [6, 6.07) is 4.91. The van der Waals surface area contributed by atoms with Crippen LogP contribution in [0.15, 0.2) is 24.8 Å². The molecule has 0 aliphatic rings. The molecule has 1 aromatic carbocycles. The van der Waals surface area contributed by atoms with Crippen molar-refractivity contribution in [3.63, 3.8) is 0 Å². The molecule has 1 N–H and O–H groups in total. The molecule has 0 radical (unpaired) electrons. The predicted molar refractivity (Wildman–Crippen MR) is 55.3 cm³/mol. The van der Waals surface area contributed by atoms with Gasteiger partial charge in [0.2, 0.25) is 0 Å². The first kappa shape index (κ1) is 12.1. The van der Waals surface area contributed by atoms with Crippen LogP contribution in [0, 0.1) is 0 Å². The van der Waals surface area contributed by atoms with E-state index in [9.17, 15) is 9.90 Å². The van der Waals surface area contributed by atoms with E-state index in [1.807, 2.05) is 6.79 Å². The molecule has 1 rings (SSSR count). The van der Waals surface area contributed by atoms with Crippen LogP contribution in [0.4, 0.5) is 0 Å². The Morgan fingerprint density at radius 3 is 2.36 bits per heavy atom. The van der Waals surface area contributed by atoms with E-state index in [0.717, 1.165) is 0 Å². The molecule has 0 aliphatic carbocycles. The summed E-state index contributed by atoms with van der Waals surface area (Å²) in [6.45, 7) is 6.97. The van der Waals surface area contributed by atoms with Gasteiger partial charge >= 0.3 is 0 Å². The summed E-state index contributed by atoms with van der Waals surface area (Å²) in [4.78, 5) is 19.0. The zero-order valence-corrected chi connectivity index (χ0v) is 7.99. The summed E-state index contributed by atoms with van der Waals surface area (Å²) in [5, 5.41) is 9.32. The van der Waals surface area contributed by atoms with Crippen LogP contribution in [0.25, 0.3) is 6.08 Å². The second kappa shape index (κ2) is 5.70. The fourth-order valence-electron chi connectivity index (χ4n) is 1.11. The number of hydrogen-bond donors (Lipinski definition) is 1. The number of carbonyl (C=O) groups is 2. The average Bonchev–Trinajstić information content (AvgIpc) is 2.19. The van der Waals surface area contributed by atoms with Crippen LogP contribution in [-0.2, 0) is 4.79 Å². The molecule has 74 valence electrons. The summed E-state index contributed by atoms with van der Waals surface area (Å²) in [5.41, 5.74) is 1.01. The standard InChI is InChI=1S/C10H10O2.CH2O/c1-3-8-5-4-6-9(12)10(8)7(2)11;1-2/h3-6,12H,1H2,2H3;1H2. The van der Waals surface area contributed by atoms with Crippen molar-refractivity contribution < 1.29 is 14.7 Å². The number of carbonyl (C=O) groups excluding carboxylic acids is 2. The molecule has 0 saturated heterocycles. The number of ketones is 1. The van der Waals surface area contributed by atoms with E-state index < -0.39 is 0 Å². The molecule has 1 aromatic rings. The van der Waals surface area contributed by atoms with E-state index in [0.29, 0.717) is 11.1 Å². The van der Waals surface area contributed by atoms with Gasteiger partial charge in [0.15, 0.2) is 5.78 Å². The van der Waals surface area contributed by atoms with E-state index in [2.05, 4.69) is 6.58 Å². The van der Waals surface area contributed by atoms with E-state index >= 15 is 0 Å². The lowest BCUT2D eigenvalue weighted by molar-refractivity contribution is -0.0979. The Kier molecular flexibility index (Phi) is 4.92. The van der Waals surface area contributed by atoms with Crippen LogP contribution in [0.5, 0.6) is 5.75 Å². The fraction of sp³-hybridized carbons (Fsp3) is 0.0909.